The minimum atomic E-state index is 0.467. The molecule has 0 fully saturated rings. The average molecular weight is 372 g/mol. The van der Waals surface area contributed by atoms with Crippen LogP contribution in [0.3, 0.4) is 0 Å². The number of rotatable bonds is 6. The second kappa shape index (κ2) is 9.20. The number of nitrogens with one attached hydrogen (secondary N) is 2. The van der Waals surface area contributed by atoms with E-state index in [0.29, 0.717) is 23.0 Å². The molecule has 5 nitrogen and oxygen atoms in total. The van der Waals surface area contributed by atoms with Crippen LogP contribution in [0.4, 0.5) is 5.69 Å². The second-order valence-corrected chi connectivity index (χ2v) is 6.45. The molecule has 138 valence electrons. The van der Waals surface area contributed by atoms with Crippen molar-refractivity contribution in [2.24, 2.45) is 5.10 Å². The summed E-state index contributed by atoms with van der Waals surface area (Å²) in [4.78, 5) is 0. The molecule has 2 rings (SSSR count). The predicted molar refractivity (Wildman–Crippen MR) is 112 cm³/mol. The first-order valence-corrected chi connectivity index (χ1v) is 8.72. The van der Waals surface area contributed by atoms with Gasteiger partial charge in [-0.15, -0.1) is 0 Å². The van der Waals surface area contributed by atoms with E-state index in [0.717, 1.165) is 28.1 Å². The molecule has 2 aromatic carbocycles. The van der Waals surface area contributed by atoms with Gasteiger partial charge in [-0.05, 0) is 61.8 Å². The number of methoxy groups -OCH3 is 2. The van der Waals surface area contributed by atoms with E-state index in [2.05, 4.69) is 15.8 Å². The Kier molecular flexibility index (Phi) is 6.97. The molecule has 0 radical (unpaired) electrons. The number of aryl methyl sites for hydroxylation is 2. The zero-order valence-corrected chi connectivity index (χ0v) is 16.7. The maximum absolute atomic E-state index is 5.34. The SMILES string of the molecule is COc1ccc(C/C(C)=N\NC(=S)Nc2c(C)cccc2C)cc1OC. The number of para-hydroxylation sites is 1. The highest BCUT2D eigenvalue weighted by molar-refractivity contribution is 7.80. The lowest BCUT2D eigenvalue weighted by molar-refractivity contribution is 0.354. The second-order valence-electron chi connectivity index (χ2n) is 6.05. The van der Waals surface area contributed by atoms with E-state index >= 15 is 0 Å². The van der Waals surface area contributed by atoms with Crippen LogP contribution in [0.15, 0.2) is 41.5 Å². The summed E-state index contributed by atoms with van der Waals surface area (Å²) in [5.41, 5.74) is 8.19. The largest absolute Gasteiger partial charge is 0.493 e. The van der Waals surface area contributed by atoms with Gasteiger partial charge in [0, 0.05) is 17.8 Å². The number of hydrogen-bond acceptors (Lipinski definition) is 4. The molecule has 0 heterocycles. The summed E-state index contributed by atoms with van der Waals surface area (Å²) in [5.74, 6) is 1.42. The van der Waals surface area contributed by atoms with E-state index in [1.807, 2.05) is 57.2 Å². The van der Waals surface area contributed by atoms with Crippen molar-refractivity contribution in [2.45, 2.75) is 27.2 Å². The highest BCUT2D eigenvalue weighted by Crippen LogP contribution is 2.27. The highest BCUT2D eigenvalue weighted by Gasteiger charge is 2.06. The van der Waals surface area contributed by atoms with E-state index in [1.54, 1.807) is 14.2 Å². The van der Waals surface area contributed by atoms with Gasteiger partial charge in [0.1, 0.15) is 0 Å². The van der Waals surface area contributed by atoms with E-state index in [4.69, 9.17) is 21.7 Å². The van der Waals surface area contributed by atoms with Crippen LogP contribution in [0, 0.1) is 13.8 Å². The molecular weight excluding hydrogens is 346 g/mol. The zero-order valence-electron chi connectivity index (χ0n) is 15.8. The first-order chi connectivity index (χ1) is 12.4. The quantitative estimate of drug-likeness (QED) is 0.452. The van der Waals surface area contributed by atoms with Crippen molar-refractivity contribution in [3.63, 3.8) is 0 Å². The normalized spacial score (nSPS) is 11.0. The van der Waals surface area contributed by atoms with Crippen molar-refractivity contribution < 1.29 is 9.47 Å². The summed E-state index contributed by atoms with van der Waals surface area (Å²) in [6, 6.07) is 11.9. The molecule has 26 heavy (non-hydrogen) atoms. The van der Waals surface area contributed by atoms with Crippen LogP contribution in [-0.2, 0) is 6.42 Å². The Morgan fingerprint density at radius 2 is 1.69 bits per heavy atom. The zero-order chi connectivity index (χ0) is 19.1. The highest BCUT2D eigenvalue weighted by atomic mass is 32.1. The van der Waals surface area contributed by atoms with Crippen molar-refractivity contribution in [2.75, 3.05) is 19.5 Å². The maximum Gasteiger partial charge on any atom is 0.191 e. The molecule has 0 saturated heterocycles. The monoisotopic (exact) mass is 371 g/mol. The van der Waals surface area contributed by atoms with Crippen LogP contribution in [-0.4, -0.2) is 25.0 Å². The number of hydrazone groups is 1. The fraction of sp³-hybridized carbons (Fsp3) is 0.300. The third-order valence-electron chi connectivity index (χ3n) is 3.98. The third-order valence-corrected chi connectivity index (χ3v) is 4.17. The maximum atomic E-state index is 5.34. The Bertz CT molecular complexity index is 798. The number of hydrogen-bond donors (Lipinski definition) is 2. The minimum Gasteiger partial charge on any atom is -0.493 e. The Hall–Kier alpha value is -2.60. The predicted octanol–water partition coefficient (Wildman–Crippen LogP) is 4.23. The molecular formula is C20H25N3O2S. The lowest BCUT2D eigenvalue weighted by Gasteiger charge is -2.13. The van der Waals surface area contributed by atoms with E-state index < -0.39 is 0 Å². The first kappa shape index (κ1) is 19.7. The summed E-state index contributed by atoms with van der Waals surface area (Å²) >= 11 is 5.34. The van der Waals surface area contributed by atoms with Crippen molar-refractivity contribution in [1.29, 1.82) is 0 Å². The number of benzene rings is 2. The van der Waals surface area contributed by atoms with Crippen LogP contribution in [0.1, 0.15) is 23.6 Å². The van der Waals surface area contributed by atoms with E-state index in [9.17, 15) is 0 Å². The lowest BCUT2D eigenvalue weighted by Crippen LogP contribution is -2.25. The minimum absolute atomic E-state index is 0.467. The van der Waals surface area contributed by atoms with Gasteiger partial charge in [0.25, 0.3) is 0 Å². The summed E-state index contributed by atoms with van der Waals surface area (Å²) in [6.07, 6.45) is 0.680. The van der Waals surface area contributed by atoms with Crippen LogP contribution in [0.2, 0.25) is 0 Å². The van der Waals surface area contributed by atoms with Crippen molar-refractivity contribution in [3.05, 3.63) is 53.1 Å². The number of nitrogens with zero attached hydrogens (tertiary/aromatic N) is 1. The smallest absolute Gasteiger partial charge is 0.191 e. The molecule has 0 aromatic heterocycles. The summed E-state index contributed by atoms with van der Waals surface area (Å²) in [6.45, 7) is 6.04. The molecule has 0 saturated carbocycles. The molecule has 6 heteroatoms. The molecule has 0 aliphatic carbocycles. The van der Waals surface area contributed by atoms with Crippen molar-refractivity contribution in [3.8, 4) is 11.5 Å². The number of anilines is 1. The third kappa shape index (κ3) is 5.20. The summed E-state index contributed by atoms with van der Waals surface area (Å²) in [7, 11) is 3.25. The molecule has 0 unspecified atom stereocenters. The Morgan fingerprint density at radius 1 is 1.04 bits per heavy atom. The Balaban J connectivity index is 1.98. The molecule has 0 amide bonds. The van der Waals surface area contributed by atoms with E-state index in [-0.39, 0.29) is 0 Å². The van der Waals surface area contributed by atoms with Gasteiger partial charge in [-0.1, -0.05) is 24.3 Å². The van der Waals surface area contributed by atoms with Crippen LogP contribution in [0.5, 0.6) is 11.5 Å². The lowest BCUT2D eigenvalue weighted by atomic mass is 10.1. The van der Waals surface area contributed by atoms with Gasteiger partial charge in [-0.2, -0.15) is 5.10 Å². The number of ether oxygens (including phenoxy) is 2. The fourth-order valence-electron chi connectivity index (χ4n) is 2.62. The van der Waals surface area contributed by atoms with Gasteiger partial charge in [0.2, 0.25) is 0 Å². The van der Waals surface area contributed by atoms with Crippen LogP contribution >= 0.6 is 12.2 Å². The molecule has 0 aliphatic heterocycles. The molecule has 0 spiro atoms. The van der Waals surface area contributed by atoms with E-state index in [1.165, 1.54) is 0 Å². The topological polar surface area (TPSA) is 54.9 Å². The number of thiocarbonyl (C=S) groups is 1. The first-order valence-electron chi connectivity index (χ1n) is 8.32. The van der Waals surface area contributed by atoms with Crippen molar-refractivity contribution in [1.82, 2.24) is 5.43 Å². The summed E-state index contributed by atoms with van der Waals surface area (Å²) < 4.78 is 10.6. The molecule has 0 bridgehead atoms. The molecule has 0 atom stereocenters. The van der Waals surface area contributed by atoms with Gasteiger partial charge in [-0.25, -0.2) is 0 Å². The molecule has 2 N–H and O–H groups in total. The summed E-state index contributed by atoms with van der Waals surface area (Å²) in [5, 5.41) is 8.04. The molecule has 0 aliphatic rings. The molecule has 2 aromatic rings. The van der Waals surface area contributed by atoms with Crippen molar-refractivity contribution >= 4 is 28.7 Å². The van der Waals surface area contributed by atoms with Gasteiger partial charge >= 0.3 is 0 Å². The van der Waals surface area contributed by atoms with Gasteiger partial charge in [-0.3, -0.25) is 5.43 Å². The standard InChI is InChI=1S/C20H25N3O2S/c1-13-7-6-8-14(2)19(13)21-20(26)23-22-15(3)11-16-9-10-17(24-4)18(12-16)25-5/h6-10,12H,11H2,1-5H3,(H2,21,23,26)/b22-15-. The Labute approximate surface area is 160 Å². The van der Waals surface area contributed by atoms with Gasteiger partial charge in [0.15, 0.2) is 16.6 Å². The Morgan fingerprint density at radius 3 is 2.31 bits per heavy atom. The average Bonchev–Trinajstić information content (AvgIpc) is 2.63. The van der Waals surface area contributed by atoms with Crippen LogP contribution in [0.25, 0.3) is 0 Å². The van der Waals surface area contributed by atoms with Gasteiger partial charge < -0.3 is 14.8 Å². The van der Waals surface area contributed by atoms with Gasteiger partial charge in [0.05, 0.1) is 14.2 Å². The fourth-order valence-corrected chi connectivity index (χ4v) is 2.77. The van der Waals surface area contributed by atoms with Crippen LogP contribution < -0.4 is 20.2 Å².